The van der Waals surface area contributed by atoms with Gasteiger partial charge in [0.1, 0.15) is 37.8 Å². The predicted molar refractivity (Wildman–Crippen MR) is 81.7 cm³/mol. The van der Waals surface area contributed by atoms with E-state index in [-0.39, 0.29) is 17.0 Å². The Balaban J connectivity index is 1.75. The van der Waals surface area contributed by atoms with E-state index in [0.29, 0.717) is 0 Å². The van der Waals surface area contributed by atoms with Gasteiger partial charge in [-0.25, -0.2) is 15.0 Å². The Bertz CT molecular complexity index is 932. The molecule has 1 aliphatic heterocycles. The average Bonchev–Trinajstić information content (AvgIpc) is 3.07. The molecule has 1 aliphatic rings. The summed E-state index contributed by atoms with van der Waals surface area (Å²) in [6.07, 6.45) is -3.22. The van der Waals surface area contributed by atoms with Gasteiger partial charge in [-0.2, -0.15) is 0 Å². The van der Waals surface area contributed by atoms with Crippen molar-refractivity contribution in [3.05, 3.63) is 12.7 Å². The first-order valence-corrected chi connectivity index (χ1v) is 10.8. The van der Waals surface area contributed by atoms with E-state index in [9.17, 15) is 34.0 Å². The SMILES string of the molecule is Nc1ncnc2c1ncn2[C@@H]1O[C@H](COP(=O)([O-])CP(=O)([O-])[O-])C(O)[C@@H]1O. The molecule has 3 heterocycles. The van der Waals surface area contributed by atoms with Crippen molar-refractivity contribution in [3.8, 4) is 0 Å². The fourth-order valence-corrected chi connectivity index (χ4v) is 4.99. The molecule has 4 N–H and O–H groups in total. The highest BCUT2D eigenvalue weighted by Crippen LogP contribution is 2.48. The van der Waals surface area contributed by atoms with Gasteiger partial charge in [-0.15, -0.1) is 0 Å². The lowest BCUT2D eigenvalue weighted by Gasteiger charge is -2.36. The highest BCUT2D eigenvalue weighted by atomic mass is 31.2. The Kier molecular flexibility index (Phi) is 5.38. The van der Waals surface area contributed by atoms with Crippen LogP contribution in [-0.4, -0.2) is 60.6 Å². The van der Waals surface area contributed by atoms with E-state index < -0.39 is 52.2 Å². The van der Waals surface area contributed by atoms with Crippen molar-refractivity contribution in [2.45, 2.75) is 24.5 Å². The first-order chi connectivity index (χ1) is 12.5. The molecule has 150 valence electrons. The fraction of sp³-hybridized carbons (Fsp3) is 0.545. The summed E-state index contributed by atoms with van der Waals surface area (Å²) in [4.78, 5) is 44.4. The maximum atomic E-state index is 11.5. The number of aliphatic hydroxyl groups is 2. The van der Waals surface area contributed by atoms with E-state index in [2.05, 4.69) is 19.5 Å². The van der Waals surface area contributed by atoms with Crippen LogP contribution in [0.1, 0.15) is 6.23 Å². The summed E-state index contributed by atoms with van der Waals surface area (Å²) in [5.41, 5.74) is 6.10. The van der Waals surface area contributed by atoms with Crippen molar-refractivity contribution in [1.29, 1.82) is 0 Å². The van der Waals surface area contributed by atoms with Crippen molar-refractivity contribution in [1.82, 2.24) is 19.5 Å². The van der Waals surface area contributed by atoms with Crippen molar-refractivity contribution in [2.24, 2.45) is 0 Å². The Morgan fingerprint density at radius 2 is 1.93 bits per heavy atom. The minimum absolute atomic E-state index is 0.0821. The number of aliphatic hydroxyl groups excluding tert-OH is 2. The van der Waals surface area contributed by atoms with Gasteiger partial charge in [-0.1, -0.05) is 7.60 Å². The number of nitrogens with two attached hydrogens (primary N) is 1. The number of imidazole rings is 1. The largest absolute Gasteiger partial charge is 0.810 e. The van der Waals surface area contributed by atoms with Gasteiger partial charge in [0, 0.05) is 5.90 Å². The van der Waals surface area contributed by atoms with Gasteiger partial charge < -0.3 is 49.0 Å². The van der Waals surface area contributed by atoms with Crippen molar-refractivity contribution < 1.29 is 43.3 Å². The smallest absolute Gasteiger partial charge is 0.167 e. The third-order valence-electron chi connectivity index (χ3n) is 3.78. The topological polar surface area (TPSA) is 232 Å². The first-order valence-electron chi connectivity index (χ1n) is 7.39. The average molecular weight is 422 g/mol. The van der Waals surface area contributed by atoms with Gasteiger partial charge >= 0.3 is 0 Å². The number of ether oxygens (including phenoxy) is 1. The minimum atomic E-state index is -5.35. The van der Waals surface area contributed by atoms with Crippen LogP contribution in [0.25, 0.3) is 11.2 Å². The van der Waals surface area contributed by atoms with Gasteiger partial charge in [-0.05, 0) is 0 Å². The summed E-state index contributed by atoms with van der Waals surface area (Å²) in [6, 6.07) is 0. The number of nitrogen functional groups attached to an aromatic ring is 1. The molecular weight excluding hydrogens is 408 g/mol. The van der Waals surface area contributed by atoms with Crippen molar-refractivity contribution in [2.75, 3.05) is 18.2 Å². The van der Waals surface area contributed by atoms with E-state index in [1.54, 1.807) is 0 Å². The molecule has 0 saturated carbocycles. The maximum Gasteiger partial charge on any atom is 0.167 e. The molecule has 2 aromatic heterocycles. The Morgan fingerprint density at radius 1 is 1.22 bits per heavy atom. The lowest BCUT2D eigenvalue weighted by Crippen LogP contribution is -2.34. The second-order valence-electron chi connectivity index (χ2n) is 5.79. The number of anilines is 1. The monoisotopic (exact) mass is 422 g/mol. The predicted octanol–water partition coefficient (Wildman–Crippen LogP) is -3.53. The number of hydrogen-bond donors (Lipinski definition) is 3. The van der Waals surface area contributed by atoms with Crippen LogP contribution in [0.2, 0.25) is 0 Å². The molecule has 1 fully saturated rings. The normalized spacial score (nSPS) is 28.5. The van der Waals surface area contributed by atoms with Crippen molar-refractivity contribution >= 4 is 32.2 Å². The van der Waals surface area contributed by atoms with E-state index in [1.807, 2.05) is 0 Å². The molecule has 14 nitrogen and oxygen atoms in total. The fourth-order valence-electron chi connectivity index (χ4n) is 2.59. The van der Waals surface area contributed by atoms with Gasteiger partial charge in [-0.3, -0.25) is 4.57 Å². The minimum Gasteiger partial charge on any atom is -0.810 e. The first kappa shape index (κ1) is 20.3. The van der Waals surface area contributed by atoms with Crippen molar-refractivity contribution in [3.63, 3.8) is 0 Å². The molecule has 16 heteroatoms. The number of nitrogens with zero attached hydrogens (tertiary/aromatic N) is 4. The number of aromatic nitrogens is 4. The second-order valence-corrected chi connectivity index (χ2v) is 9.62. The number of hydrogen-bond acceptors (Lipinski definition) is 13. The standard InChI is InChI=1S/C11H17N5O9P2/c12-9-6-10(14-2-13-9)16(3-15-6)11-8(18)7(17)5(25-11)1-24-27(22,23)4-26(19,20)21/h2-3,5,7-8,11,17-18H,1,4H2,(H,22,23)(H2,12,13,14)(H2,19,20,21)/p-3/t5-,7?,8+,11-/m1/s1. The van der Waals surface area contributed by atoms with Gasteiger partial charge in [0.15, 0.2) is 17.7 Å². The molecule has 0 spiro atoms. The van der Waals surface area contributed by atoms with Gasteiger partial charge in [0.05, 0.1) is 12.9 Å². The van der Waals surface area contributed by atoms with Gasteiger partial charge in [0.2, 0.25) is 0 Å². The van der Waals surface area contributed by atoms with E-state index in [0.717, 1.165) is 6.33 Å². The maximum absolute atomic E-state index is 11.5. The molecule has 5 atom stereocenters. The van der Waals surface area contributed by atoms with Gasteiger partial charge in [0.25, 0.3) is 0 Å². The summed E-state index contributed by atoms with van der Waals surface area (Å²) in [6.45, 7) is -0.806. The van der Waals surface area contributed by atoms with Crippen LogP contribution in [0.15, 0.2) is 12.7 Å². The lowest BCUT2D eigenvalue weighted by molar-refractivity contribution is -0.313. The summed E-state index contributed by atoms with van der Waals surface area (Å²) < 4.78 is 33.2. The molecule has 2 unspecified atom stereocenters. The van der Waals surface area contributed by atoms with Crippen LogP contribution in [0.3, 0.4) is 0 Å². The van der Waals surface area contributed by atoms with E-state index in [4.69, 9.17) is 10.5 Å². The summed E-state index contributed by atoms with van der Waals surface area (Å²) in [5, 5.41) is 20.3. The molecule has 1 saturated heterocycles. The van der Waals surface area contributed by atoms with Crippen LogP contribution in [-0.2, 0) is 18.4 Å². The van der Waals surface area contributed by atoms with Crippen LogP contribution in [0.4, 0.5) is 5.82 Å². The quantitative estimate of drug-likeness (QED) is 0.383. The molecule has 0 bridgehead atoms. The number of fused-ring (bicyclic) bond motifs is 1. The Hall–Kier alpha value is -1.47. The zero-order chi connectivity index (χ0) is 20.0. The highest BCUT2D eigenvalue weighted by Gasteiger charge is 2.44. The molecule has 27 heavy (non-hydrogen) atoms. The molecule has 0 radical (unpaired) electrons. The molecule has 0 amide bonds. The van der Waals surface area contributed by atoms with Crippen LogP contribution >= 0.6 is 15.2 Å². The lowest BCUT2D eigenvalue weighted by atomic mass is 10.1. The summed E-state index contributed by atoms with van der Waals surface area (Å²) in [7, 11) is -10.4. The van der Waals surface area contributed by atoms with Crippen LogP contribution < -0.4 is 20.4 Å². The molecular formula is C11H14N5O9P2-3. The molecule has 3 rings (SSSR count). The third kappa shape index (κ3) is 4.35. The summed E-state index contributed by atoms with van der Waals surface area (Å²) in [5.74, 6) is -1.63. The molecule has 2 aromatic rings. The zero-order valence-corrected chi connectivity index (χ0v) is 15.2. The second kappa shape index (κ2) is 7.17. The Labute approximate surface area is 151 Å². The third-order valence-corrected chi connectivity index (χ3v) is 7.09. The summed E-state index contributed by atoms with van der Waals surface area (Å²) >= 11 is 0. The van der Waals surface area contributed by atoms with Crippen LogP contribution in [0, 0.1) is 0 Å². The zero-order valence-electron chi connectivity index (χ0n) is 13.4. The van der Waals surface area contributed by atoms with E-state index in [1.165, 1.54) is 10.9 Å². The molecule has 0 aromatic carbocycles. The molecule has 0 aliphatic carbocycles. The van der Waals surface area contributed by atoms with Crippen LogP contribution in [0.5, 0.6) is 0 Å². The number of rotatable bonds is 6. The highest BCUT2D eigenvalue weighted by molar-refractivity contribution is 7.67. The van der Waals surface area contributed by atoms with E-state index >= 15 is 0 Å². The Morgan fingerprint density at radius 3 is 2.59 bits per heavy atom.